The van der Waals surface area contributed by atoms with E-state index in [0.29, 0.717) is 13.0 Å². The van der Waals surface area contributed by atoms with Crippen molar-refractivity contribution in [2.75, 3.05) is 13.1 Å². The molecular weight excluding hydrogens is 216 g/mol. The van der Waals surface area contributed by atoms with Gasteiger partial charge in [-0.25, -0.2) is 8.78 Å². The van der Waals surface area contributed by atoms with Crippen molar-refractivity contribution in [2.24, 2.45) is 0 Å². The molecule has 1 amide bonds. The molecule has 1 fully saturated rings. The van der Waals surface area contributed by atoms with Crippen molar-refractivity contribution in [3.63, 3.8) is 0 Å². The molecular formula is C11H11F2NO2. The quantitative estimate of drug-likeness (QED) is 0.782. The van der Waals surface area contributed by atoms with Crippen molar-refractivity contribution in [1.29, 1.82) is 0 Å². The highest BCUT2D eigenvalue weighted by Gasteiger charge is 2.27. The number of carbonyl (C=O) groups is 1. The summed E-state index contributed by atoms with van der Waals surface area (Å²) in [5.41, 5.74) is -0.283. The average molecular weight is 227 g/mol. The van der Waals surface area contributed by atoms with Crippen molar-refractivity contribution in [3.05, 3.63) is 35.4 Å². The third kappa shape index (κ3) is 1.90. The molecule has 1 N–H and O–H groups in total. The normalized spacial score (nSPS) is 20.2. The van der Waals surface area contributed by atoms with Crippen LogP contribution in [0.4, 0.5) is 8.78 Å². The van der Waals surface area contributed by atoms with Gasteiger partial charge in [-0.15, -0.1) is 0 Å². The molecule has 86 valence electrons. The molecule has 1 aliphatic heterocycles. The summed E-state index contributed by atoms with van der Waals surface area (Å²) >= 11 is 0. The molecule has 5 heteroatoms. The Labute approximate surface area is 91.3 Å². The van der Waals surface area contributed by atoms with Gasteiger partial charge in [0.2, 0.25) is 0 Å². The van der Waals surface area contributed by atoms with Gasteiger partial charge < -0.3 is 10.0 Å². The standard InChI is InChI=1S/C11H11F2NO2/c12-9-3-1-2-8(10(9)13)11(16)14-5-4-7(15)6-14/h1-3,7,15H,4-6H2. The van der Waals surface area contributed by atoms with Crippen LogP contribution in [0.1, 0.15) is 16.8 Å². The largest absolute Gasteiger partial charge is 0.391 e. The van der Waals surface area contributed by atoms with E-state index in [-0.39, 0.29) is 12.1 Å². The van der Waals surface area contributed by atoms with Gasteiger partial charge in [0.25, 0.3) is 5.91 Å². The van der Waals surface area contributed by atoms with Gasteiger partial charge in [0.1, 0.15) is 0 Å². The molecule has 16 heavy (non-hydrogen) atoms. The van der Waals surface area contributed by atoms with Gasteiger partial charge in [0.05, 0.1) is 11.7 Å². The van der Waals surface area contributed by atoms with Gasteiger partial charge in [-0.3, -0.25) is 4.79 Å². The lowest BCUT2D eigenvalue weighted by Gasteiger charge is -2.15. The zero-order chi connectivity index (χ0) is 11.7. The Hall–Kier alpha value is -1.49. The average Bonchev–Trinajstić information content (AvgIpc) is 2.68. The molecule has 1 aliphatic rings. The van der Waals surface area contributed by atoms with E-state index >= 15 is 0 Å². The minimum absolute atomic E-state index is 0.175. The highest BCUT2D eigenvalue weighted by molar-refractivity contribution is 5.94. The molecule has 0 aromatic heterocycles. The Morgan fingerprint density at radius 2 is 2.19 bits per heavy atom. The first-order chi connectivity index (χ1) is 7.59. The first kappa shape index (κ1) is 11.0. The summed E-state index contributed by atoms with van der Waals surface area (Å²) in [6.45, 7) is 0.546. The van der Waals surface area contributed by atoms with E-state index in [9.17, 15) is 18.7 Å². The Kier molecular flexibility index (Phi) is 2.87. The van der Waals surface area contributed by atoms with E-state index in [1.165, 1.54) is 17.0 Å². The number of aliphatic hydroxyl groups excluding tert-OH is 1. The zero-order valence-corrected chi connectivity index (χ0v) is 8.49. The number of halogens is 2. The van der Waals surface area contributed by atoms with E-state index < -0.39 is 23.6 Å². The maximum absolute atomic E-state index is 13.3. The van der Waals surface area contributed by atoms with Gasteiger partial charge in [-0.2, -0.15) is 0 Å². The summed E-state index contributed by atoms with van der Waals surface area (Å²) in [7, 11) is 0. The van der Waals surface area contributed by atoms with Crippen LogP contribution in [0, 0.1) is 11.6 Å². The fourth-order valence-electron chi connectivity index (χ4n) is 1.77. The maximum Gasteiger partial charge on any atom is 0.257 e. The highest BCUT2D eigenvalue weighted by Crippen LogP contribution is 2.17. The molecule has 0 saturated carbocycles. The fourth-order valence-corrected chi connectivity index (χ4v) is 1.77. The number of benzene rings is 1. The number of hydrogen-bond donors (Lipinski definition) is 1. The number of nitrogens with zero attached hydrogens (tertiary/aromatic N) is 1. The van der Waals surface area contributed by atoms with Crippen LogP contribution in [0.15, 0.2) is 18.2 Å². The van der Waals surface area contributed by atoms with Crippen molar-refractivity contribution >= 4 is 5.91 Å². The second-order valence-electron chi connectivity index (χ2n) is 3.80. The van der Waals surface area contributed by atoms with Crippen LogP contribution < -0.4 is 0 Å². The van der Waals surface area contributed by atoms with Crippen LogP contribution >= 0.6 is 0 Å². The van der Waals surface area contributed by atoms with Crippen molar-refractivity contribution in [2.45, 2.75) is 12.5 Å². The zero-order valence-electron chi connectivity index (χ0n) is 8.49. The minimum atomic E-state index is -1.13. The Bertz CT molecular complexity index is 422. The van der Waals surface area contributed by atoms with Crippen molar-refractivity contribution in [1.82, 2.24) is 4.90 Å². The first-order valence-electron chi connectivity index (χ1n) is 5.01. The third-order valence-electron chi connectivity index (χ3n) is 2.63. The van der Waals surface area contributed by atoms with Crippen LogP contribution in [-0.2, 0) is 0 Å². The fraction of sp³-hybridized carbons (Fsp3) is 0.364. The second-order valence-corrected chi connectivity index (χ2v) is 3.80. The van der Waals surface area contributed by atoms with Crippen LogP contribution in [-0.4, -0.2) is 35.1 Å². The van der Waals surface area contributed by atoms with Gasteiger partial charge in [-0.05, 0) is 18.6 Å². The predicted molar refractivity (Wildman–Crippen MR) is 52.9 cm³/mol. The highest BCUT2D eigenvalue weighted by atomic mass is 19.2. The Morgan fingerprint density at radius 3 is 2.81 bits per heavy atom. The molecule has 0 bridgehead atoms. The lowest BCUT2D eigenvalue weighted by molar-refractivity contribution is 0.0759. The second kappa shape index (κ2) is 4.17. The molecule has 3 nitrogen and oxygen atoms in total. The molecule has 1 atom stereocenters. The van der Waals surface area contributed by atoms with E-state index in [4.69, 9.17) is 0 Å². The monoisotopic (exact) mass is 227 g/mol. The SMILES string of the molecule is O=C(c1cccc(F)c1F)N1CCC(O)C1. The van der Waals surface area contributed by atoms with Crippen LogP contribution in [0.2, 0.25) is 0 Å². The summed E-state index contributed by atoms with van der Waals surface area (Å²) < 4.78 is 26.2. The predicted octanol–water partition coefficient (Wildman–Crippen LogP) is 1.17. The van der Waals surface area contributed by atoms with Gasteiger partial charge >= 0.3 is 0 Å². The number of amides is 1. The summed E-state index contributed by atoms with van der Waals surface area (Å²) in [6, 6.07) is 3.49. The molecule has 0 radical (unpaired) electrons. The minimum Gasteiger partial charge on any atom is -0.391 e. The van der Waals surface area contributed by atoms with Crippen LogP contribution in [0.3, 0.4) is 0 Å². The van der Waals surface area contributed by atoms with E-state index in [0.717, 1.165) is 6.07 Å². The molecule has 0 aliphatic carbocycles. The van der Waals surface area contributed by atoms with Gasteiger partial charge in [0, 0.05) is 13.1 Å². The topological polar surface area (TPSA) is 40.5 Å². The molecule has 1 aromatic carbocycles. The van der Waals surface area contributed by atoms with Crippen molar-refractivity contribution in [3.8, 4) is 0 Å². The first-order valence-corrected chi connectivity index (χ1v) is 5.01. The summed E-state index contributed by atoms with van der Waals surface area (Å²) in [5, 5.41) is 9.26. The Balaban J connectivity index is 2.24. The molecule has 1 unspecified atom stereocenters. The molecule has 2 rings (SSSR count). The number of aliphatic hydroxyl groups is 1. The van der Waals surface area contributed by atoms with E-state index in [1.807, 2.05) is 0 Å². The number of likely N-dealkylation sites (tertiary alicyclic amines) is 1. The summed E-state index contributed by atoms with van der Waals surface area (Å²) in [6.07, 6.45) is -0.0940. The lowest BCUT2D eigenvalue weighted by Crippen LogP contribution is -2.30. The molecule has 1 aromatic rings. The number of β-amino-alcohol motifs (C(OH)–C–C–N with tert-alkyl or cyclic N) is 1. The maximum atomic E-state index is 13.3. The molecule has 0 spiro atoms. The Morgan fingerprint density at radius 1 is 1.44 bits per heavy atom. The third-order valence-corrected chi connectivity index (χ3v) is 2.63. The summed E-state index contributed by atoms with van der Waals surface area (Å²) in [4.78, 5) is 13.1. The van der Waals surface area contributed by atoms with Crippen LogP contribution in [0.25, 0.3) is 0 Å². The molecule has 1 heterocycles. The molecule has 1 saturated heterocycles. The summed E-state index contributed by atoms with van der Waals surface area (Å²) in [5.74, 6) is -2.74. The van der Waals surface area contributed by atoms with Gasteiger partial charge in [-0.1, -0.05) is 6.07 Å². The number of hydrogen-bond acceptors (Lipinski definition) is 2. The van der Waals surface area contributed by atoms with Crippen LogP contribution in [0.5, 0.6) is 0 Å². The van der Waals surface area contributed by atoms with Crippen molar-refractivity contribution < 1.29 is 18.7 Å². The smallest absolute Gasteiger partial charge is 0.257 e. The van der Waals surface area contributed by atoms with E-state index in [1.54, 1.807) is 0 Å². The van der Waals surface area contributed by atoms with E-state index in [2.05, 4.69) is 0 Å². The van der Waals surface area contributed by atoms with Gasteiger partial charge in [0.15, 0.2) is 11.6 Å². The number of carbonyl (C=O) groups excluding carboxylic acids is 1. The number of rotatable bonds is 1. The lowest BCUT2D eigenvalue weighted by atomic mass is 10.2.